The predicted octanol–water partition coefficient (Wildman–Crippen LogP) is 5.04. The third-order valence-electron chi connectivity index (χ3n) is 5.59. The summed E-state index contributed by atoms with van der Waals surface area (Å²) in [5.41, 5.74) is 1.35. The highest BCUT2D eigenvalue weighted by atomic mass is 79.9. The number of Topliss-reactive ketones (excluding diaryl/α,β-unsaturated/α-hetero) is 1. The van der Waals surface area contributed by atoms with Crippen LogP contribution in [0.25, 0.3) is 5.76 Å². The first-order valence-corrected chi connectivity index (χ1v) is 11.9. The monoisotopic (exact) mass is 550 g/mol. The van der Waals surface area contributed by atoms with E-state index in [1.165, 1.54) is 30.5 Å². The molecule has 0 spiro atoms. The van der Waals surface area contributed by atoms with E-state index in [2.05, 4.69) is 20.9 Å². The summed E-state index contributed by atoms with van der Waals surface area (Å²) in [5.74, 6) is -2.03. The van der Waals surface area contributed by atoms with E-state index in [4.69, 9.17) is 9.47 Å². The molecule has 184 valence electrons. The largest absolute Gasteiger partial charge is 0.507 e. The Morgan fingerprint density at radius 1 is 1.06 bits per heavy atom. The molecule has 0 radical (unpaired) electrons. The van der Waals surface area contributed by atoms with E-state index in [0.717, 1.165) is 0 Å². The van der Waals surface area contributed by atoms with Crippen LogP contribution in [0.3, 0.4) is 0 Å². The molecule has 4 rings (SSSR count). The zero-order chi connectivity index (χ0) is 26.0. The maximum Gasteiger partial charge on any atom is 0.338 e. The molecule has 1 unspecified atom stereocenters. The molecule has 1 atom stereocenters. The Balaban J connectivity index is 1.88. The van der Waals surface area contributed by atoms with Gasteiger partial charge in [-0.15, -0.1) is 0 Å². The Hall–Kier alpha value is -3.98. The summed E-state index contributed by atoms with van der Waals surface area (Å²) in [7, 11) is 1.51. The third kappa shape index (κ3) is 4.74. The summed E-state index contributed by atoms with van der Waals surface area (Å²) < 4.78 is 11.1. The fourth-order valence-electron chi connectivity index (χ4n) is 3.99. The number of aliphatic hydroxyl groups excluding tert-OH is 1. The van der Waals surface area contributed by atoms with Crippen LogP contribution in [-0.4, -0.2) is 41.0 Å². The smallest absolute Gasteiger partial charge is 0.338 e. The number of hydrogen-bond donors (Lipinski definition) is 1. The molecule has 1 amide bonds. The Morgan fingerprint density at radius 2 is 1.78 bits per heavy atom. The Morgan fingerprint density at radius 3 is 2.42 bits per heavy atom. The minimum absolute atomic E-state index is 0.0848. The minimum atomic E-state index is -0.953. The van der Waals surface area contributed by atoms with Gasteiger partial charge in [0.15, 0.2) is 0 Å². The fourth-order valence-corrected chi connectivity index (χ4v) is 4.53. The highest BCUT2D eigenvalue weighted by Crippen LogP contribution is 2.42. The SMILES string of the molecule is COc1ccc(/C(O)=C2\C(=O)C(=O)N(c3cccc(C(=O)OC(C)C)c3)C2c2ccncc2)cc1Br. The second-order valence-corrected chi connectivity index (χ2v) is 9.16. The molecule has 2 aromatic carbocycles. The van der Waals surface area contributed by atoms with Gasteiger partial charge < -0.3 is 14.6 Å². The van der Waals surface area contributed by atoms with Crippen LogP contribution in [-0.2, 0) is 14.3 Å². The maximum absolute atomic E-state index is 13.3. The average molecular weight is 551 g/mol. The van der Waals surface area contributed by atoms with Crippen molar-refractivity contribution in [3.8, 4) is 5.75 Å². The molecule has 9 heteroatoms. The molecule has 1 aliphatic heterocycles. The van der Waals surface area contributed by atoms with Crippen LogP contribution in [0.2, 0.25) is 0 Å². The summed E-state index contributed by atoms with van der Waals surface area (Å²) in [5, 5.41) is 11.3. The summed E-state index contributed by atoms with van der Waals surface area (Å²) in [4.78, 5) is 44.4. The van der Waals surface area contributed by atoms with E-state index >= 15 is 0 Å². The second-order valence-electron chi connectivity index (χ2n) is 8.30. The number of aliphatic hydroxyl groups is 1. The number of amides is 1. The molecule has 3 aromatic rings. The number of methoxy groups -OCH3 is 1. The van der Waals surface area contributed by atoms with Crippen LogP contribution in [0.5, 0.6) is 5.75 Å². The maximum atomic E-state index is 13.3. The van der Waals surface area contributed by atoms with Gasteiger partial charge in [0.05, 0.1) is 34.9 Å². The first-order valence-electron chi connectivity index (χ1n) is 11.1. The number of benzene rings is 2. The number of carbonyl (C=O) groups is 3. The number of carbonyl (C=O) groups excluding carboxylic acids is 3. The van der Waals surface area contributed by atoms with Gasteiger partial charge in [-0.05, 0) is 83.9 Å². The molecule has 1 fully saturated rings. The molecule has 2 heterocycles. The van der Waals surface area contributed by atoms with Crippen molar-refractivity contribution in [1.29, 1.82) is 0 Å². The average Bonchev–Trinajstić information content (AvgIpc) is 3.14. The van der Waals surface area contributed by atoms with Crippen molar-refractivity contribution in [2.45, 2.75) is 26.0 Å². The number of ketones is 1. The lowest BCUT2D eigenvalue weighted by Crippen LogP contribution is -2.29. The number of esters is 1. The van der Waals surface area contributed by atoms with E-state index in [1.807, 2.05) is 0 Å². The van der Waals surface area contributed by atoms with Crippen molar-refractivity contribution >= 4 is 45.0 Å². The zero-order valence-electron chi connectivity index (χ0n) is 19.8. The quantitative estimate of drug-likeness (QED) is 0.198. The van der Waals surface area contributed by atoms with Gasteiger partial charge in [0.25, 0.3) is 11.7 Å². The number of pyridine rings is 1. The van der Waals surface area contributed by atoms with E-state index in [0.29, 0.717) is 27.0 Å². The number of hydrogen-bond acceptors (Lipinski definition) is 7. The molecule has 1 aliphatic rings. The highest BCUT2D eigenvalue weighted by Gasteiger charge is 2.47. The van der Waals surface area contributed by atoms with Crippen molar-refractivity contribution in [2.24, 2.45) is 0 Å². The number of aromatic nitrogens is 1. The Bertz CT molecular complexity index is 1370. The minimum Gasteiger partial charge on any atom is -0.507 e. The number of halogens is 1. The van der Waals surface area contributed by atoms with Crippen LogP contribution < -0.4 is 9.64 Å². The molecule has 1 saturated heterocycles. The van der Waals surface area contributed by atoms with Crippen LogP contribution in [0.15, 0.2) is 77.0 Å². The van der Waals surface area contributed by atoms with Gasteiger partial charge in [-0.25, -0.2) is 4.79 Å². The lowest BCUT2D eigenvalue weighted by molar-refractivity contribution is -0.132. The van der Waals surface area contributed by atoms with Crippen LogP contribution in [0.4, 0.5) is 5.69 Å². The Labute approximate surface area is 216 Å². The lowest BCUT2D eigenvalue weighted by atomic mass is 9.95. The molecule has 0 saturated carbocycles. The molecule has 8 nitrogen and oxygen atoms in total. The van der Waals surface area contributed by atoms with E-state index < -0.39 is 23.7 Å². The van der Waals surface area contributed by atoms with Gasteiger partial charge in [-0.3, -0.25) is 19.5 Å². The second kappa shape index (κ2) is 10.3. The zero-order valence-corrected chi connectivity index (χ0v) is 21.4. The van der Waals surface area contributed by atoms with Gasteiger partial charge in [-0.2, -0.15) is 0 Å². The molecule has 36 heavy (non-hydrogen) atoms. The van der Waals surface area contributed by atoms with Gasteiger partial charge >= 0.3 is 5.97 Å². The highest BCUT2D eigenvalue weighted by molar-refractivity contribution is 9.10. The number of rotatable bonds is 6. The van der Waals surface area contributed by atoms with E-state index in [-0.39, 0.29) is 23.0 Å². The number of nitrogens with zero attached hydrogens (tertiary/aromatic N) is 2. The summed E-state index contributed by atoms with van der Waals surface area (Å²) in [6.07, 6.45) is 2.75. The van der Waals surface area contributed by atoms with Gasteiger partial charge in [-0.1, -0.05) is 6.07 Å². The summed E-state index contributed by atoms with van der Waals surface area (Å²) in [6.45, 7) is 3.47. The van der Waals surface area contributed by atoms with Gasteiger partial charge in [0, 0.05) is 23.6 Å². The topological polar surface area (TPSA) is 106 Å². The molecule has 1 aromatic heterocycles. The fraction of sp³-hybridized carbons (Fsp3) is 0.185. The van der Waals surface area contributed by atoms with Crippen molar-refractivity contribution in [1.82, 2.24) is 4.98 Å². The van der Waals surface area contributed by atoms with Crippen LogP contribution in [0.1, 0.15) is 41.4 Å². The molecule has 0 bridgehead atoms. The summed E-state index contributed by atoms with van der Waals surface area (Å²) >= 11 is 3.39. The predicted molar refractivity (Wildman–Crippen MR) is 137 cm³/mol. The molecule has 1 N–H and O–H groups in total. The first kappa shape index (κ1) is 25.1. The standard InChI is InChI=1S/C27H23BrN2O6/c1-15(2)36-27(34)18-5-4-6-19(13-18)30-23(16-9-11-29-12-10-16)22(25(32)26(30)33)24(31)17-7-8-21(35-3)20(28)14-17/h4-15,23,31H,1-3H3/b24-22+. The molecular formula is C27H23BrN2O6. The van der Waals surface area contributed by atoms with Crippen LogP contribution >= 0.6 is 15.9 Å². The lowest BCUT2D eigenvalue weighted by Gasteiger charge is -2.25. The molecule has 0 aliphatic carbocycles. The number of anilines is 1. The first-order chi connectivity index (χ1) is 17.2. The van der Waals surface area contributed by atoms with Gasteiger partial charge in [0.1, 0.15) is 11.5 Å². The number of ether oxygens (including phenoxy) is 2. The van der Waals surface area contributed by atoms with E-state index in [1.54, 1.807) is 62.4 Å². The van der Waals surface area contributed by atoms with Gasteiger partial charge in [0.2, 0.25) is 0 Å². The summed E-state index contributed by atoms with van der Waals surface area (Å²) in [6, 6.07) is 13.5. The van der Waals surface area contributed by atoms with Crippen molar-refractivity contribution < 1.29 is 29.0 Å². The molecular weight excluding hydrogens is 528 g/mol. The third-order valence-corrected chi connectivity index (χ3v) is 6.21. The van der Waals surface area contributed by atoms with Crippen molar-refractivity contribution in [3.05, 3.63) is 93.7 Å². The van der Waals surface area contributed by atoms with Crippen molar-refractivity contribution in [3.63, 3.8) is 0 Å². The Kier molecular flexibility index (Phi) is 7.21. The van der Waals surface area contributed by atoms with Crippen molar-refractivity contribution in [2.75, 3.05) is 12.0 Å². The normalized spacial score (nSPS) is 16.9. The van der Waals surface area contributed by atoms with Crippen LogP contribution in [0, 0.1) is 0 Å². The van der Waals surface area contributed by atoms with E-state index in [9.17, 15) is 19.5 Å².